The molecule has 0 fully saturated rings. The highest BCUT2D eigenvalue weighted by Crippen LogP contribution is 2.23. The number of aryl methyl sites for hydroxylation is 1. The van der Waals surface area contributed by atoms with Crippen LogP contribution in [0.5, 0.6) is 0 Å². The van der Waals surface area contributed by atoms with Crippen molar-refractivity contribution < 1.29 is 4.79 Å². The van der Waals surface area contributed by atoms with Crippen molar-refractivity contribution in [2.75, 3.05) is 5.32 Å². The first-order chi connectivity index (χ1) is 7.04. The van der Waals surface area contributed by atoms with Gasteiger partial charge in [0.05, 0.1) is 10.7 Å². The lowest BCUT2D eigenvalue weighted by molar-refractivity contribution is -0.119. The topological polar surface area (TPSA) is 29.1 Å². The van der Waals surface area contributed by atoms with Gasteiger partial charge in [-0.15, -0.1) is 0 Å². The molecule has 1 atom stereocenters. The molecule has 0 saturated carbocycles. The number of amides is 1. The van der Waals surface area contributed by atoms with E-state index in [0.29, 0.717) is 10.7 Å². The molecule has 1 amide bonds. The van der Waals surface area contributed by atoms with Crippen LogP contribution in [0.1, 0.15) is 25.8 Å². The van der Waals surface area contributed by atoms with Gasteiger partial charge in [0.2, 0.25) is 5.91 Å². The highest BCUT2D eigenvalue weighted by Gasteiger charge is 2.11. The zero-order valence-corrected chi connectivity index (χ0v) is 10.1. The number of hydrogen-bond donors (Lipinski definition) is 1. The first-order valence-electron chi connectivity index (χ1n) is 5.11. The normalized spacial score (nSPS) is 12.3. The Morgan fingerprint density at radius 2 is 2.20 bits per heavy atom. The molecule has 1 unspecified atom stereocenters. The summed E-state index contributed by atoms with van der Waals surface area (Å²) in [6.07, 6.45) is 0.829. The third kappa shape index (κ3) is 3.24. The minimum atomic E-state index is 0.0161. The molecule has 3 heteroatoms. The smallest absolute Gasteiger partial charge is 0.227 e. The van der Waals surface area contributed by atoms with Gasteiger partial charge in [0, 0.05) is 5.92 Å². The molecule has 0 aliphatic heterocycles. The minimum absolute atomic E-state index is 0.0161. The Labute approximate surface area is 95.6 Å². The van der Waals surface area contributed by atoms with E-state index in [2.05, 4.69) is 5.32 Å². The Kier molecular flexibility index (Phi) is 4.15. The predicted octanol–water partition coefficient (Wildman–Crippen LogP) is 3.63. The monoisotopic (exact) mass is 225 g/mol. The van der Waals surface area contributed by atoms with E-state index in [0.717, 1.165) is 12.0 Å². The summed E-state index contributed by atoms with van der Waals surface area (Å²) in [5.41, 5.74) is 1.77. The summed E-state index contributed by atoms with van der Waals surface area (Å²) >= 11 is 6.01. The molecular weight excluding hydrogens is 210 g/mol. The van der Waals surface area contributed by atoms with E-state index < -0.39 is 0 Å². The lowest BCUT2D eigenvalue weighted by atomic mass is 10.1. The highest BCUT2D eigenvalue weighted by atomic mass is 35.5. The van der Waals surface area contributed by atoms with Crippen molar-refractivity contribution in [1.82, 2.24) is 0 Å². The maximum absolute atomic E-state index is 11.6. The molecule has 15 heavy (non-hydrogen) atoms. The summed E-state index contributed by atoms with van der Waals surface area (Å²) in [5, 5.41) is 3.41. The molecule has 0 spiro atoms. The standard InChI is InChI=1S/C12H16ClNO/c1-4-9(3)12(15)14-11-6-5-8(2)7-10(11)13/h5-7,9H,4H2,1-3H3,(H,14,15). The van der Waals surface area contributed by atoms with Crippen molar-refractivity contribution in [1.29, 1.82) is 0 Å². The zero-order chi connectivity index (χ0) is 11.4. The molecular formula is C12H16ClNO. The molecule has 0 radical (unpaired) electrons. The van der Waals surface area contributed by atoms with Crippen molar-refractivity contribution in [2.45, 2.75) is 27.2 Å². The number of carbonyl (C=O) groups excluding carboxylic acids is 1. The van der Waals surface area contributed by atoms with Crippen LogP contribution in [0.4, 0.5) is 5.69 Å². The maximum Gasteiger partial charge on any atom is 0.227 e. The van der Waals surface area contributed by atoms with Gasteiger partial charge < -0.3 is 5.32 Å². The fourth-order valence-corrected chi connectivity index (χ4v) is 1.45. The van der Waals surface area contributed by atoms with Crippen LogP contribution in [0.2, 0.25) is 5.02 Å². The average molecular weight is 226 g/mol. The molecule has 0 heterocycles. The van der Waals surface area contributed by atoms with Crippen LogP contribution >= 0.6 is 11.6 Å². The predicted molar refractivity (Wildman–Crippen MR) is 64.3 cm³/mol. The third-order valence-corrected chi connectivity index (χ3v) is 2.76. The van der Waals surface area contributed by atoms with Gasteiger partial charge in [-0.25, -0.2) is 0 Å². The van der Waals surface area contributed by atoms with Gasteiger partial charge in [-0.05, 0) is 31.0 Å². The van der Waals surface area contributed by atoms with E-state index in [9.17, 15) is 4.79 Å². The van der Waals surface area contributed by atoms with Gasteiger partial charge in [-0.3, -0.25) is 4.79 Å². The van der Waals surface area contributed by atoms with E-state index in [1.165, 1.54) is 0 Å². The number of carbonyl (C=O) groups is 1. The van der Waals surface area contributed by atoms with Gasteiger partial charge in [0.15, 0.2) is 0 Å². The Hall–Kier alpha value is -1.02. The van der Waals surface area contributed by atoms with E-state index >= 15 is 0 Å². The number of benzene rings is 1. The second-order valence-electron chi connectivity index (χ2n) is 3.78. The molecule has 0 saturated heterocycles. The number of halogens is 1. The van der Waals surface area contributed by atoms with Gasteiger partial charge in [-0.2, -0.15) is 0 Å². The van der Waals surface area contributed by atoms with E-state index in [1.807, 2.05) is 39.0 Å². The first-order valence-corrected chi connectivity index (χ1v) is 5.49. The van der Waals surface area contributed by atoms with Crippen LogP contribution in [-0.2, 0) is 4.79 Å². The molecule has 0 bridgehead atoms. The quantitative estimate of drug-likeness (QED) is 0.836. The molecule has 1 aromatic rings. The largest absolute Gasteiger partial charge is 0.325 e. The molecule has 82 valence electrons. The first kappa shape index (κ1) is 12.1. The third-order valence-electron chi connectivity index (χ3n) is 2.44. The molecule has 1 rings (SSSR count). The summed E-state index contributed by atoms with van der Waals surface area (Å²) in [5.74, 6) is 0.0330. The molecule has 0 aliphatic rings. The minimum Gasteiger partial charge on any atom is -0.325 e. The summed E-state index contributed by atoms with van der Waals surface area (Å²) in [6.45, 7) is 5.85. The van der Waals surface area contributed by atoms with Crippen molar-refractivity contribution in [3.63, 3.8) is 0 Å². The second-order valence-corrected chi connectivity index (χ2v) is 4.19. The van der Waals surface area contributed by atoms with Crippen molar-refractivity contribution >= 4 is 23.2 Å². The summed E-state index contributed by atoms with van der Waals surface area (Å²) in [6, 6.07) is 5.60. The van der Waals surface area contributed by atoms with Crippen LogP contribution < -0.4 is 5.32 Å². The lowest BCUT2D eigenvalue weighted by Gasteiger charge is -2.11. The Bertz CT molecular complexity index is 363. The van der Waals surface area contributed by atoms with Crippen molar-refractivity contribution in [3.05, 3.63) is 28.8 Å². The fraction of sp³-hybridized carbons (Fsp3) is 0.417. The van der Waals surface area contributed by atoms with Crippen LogP contribution in [0.25, 0.3) is 0 Å². The Morgan fingerprint density at radius 3 is 2.73 bits per heavy atom. The summed E-state index contributed by atoms with van der Waals surface area (Å²) < 4.78 is 0. The van der Waals surface area contributed by atoms with Crippen LogP contribution in [0, 0.1) is 12.8 Å². The number of rotatable bonds is 3. The van der Waals surface area contributed by atoms with Crippen molar-refractivity contribution in [3.8, 4) is 0 Å². The SMILES string of the molecule is CCC(C)C(=O)Nc1ccc(C)cc1Cl. The molecule has 0 aromatic heterocycles. The molecule has 0 aliphatic carbocycles. The maximum atomic E-state index is 11.6. The van der Waals surface area contributed by atoms with Gasteiger partial charge in [0.25, 0.3) is 0 Å². The lowest BCUT2D eigenvalue weighted by Crippen LogP contribution is -2.19. The molecule has 1 N–H and O–H groups in total. The van der Waals surface area contributed by atoms with Gasteiger partial charge in [-0.1, -0.05) is 31.5 Å². The van der Waals surface area contributed by atoms with Crippen LogP contribution in [-0.4, -0.2) is 5.91 Å². The average Bonchev–Trinajstić information content (AvgIpc) is 2.20. The molecule has 1 aromatic carbocycles. The van der Waals surface area contributed by atoms with Crippen LogP contribution in [0.15, 0.2) is 18.2 Å². The summed E-state index contributed by atoms with van der Waals surface area (Å²) in [4.78, 5) is 11.6. The number of hydrogen-bond acceptors (Lipinski definition) is 1. The summed E-state index contributed by atoms with van der Waals surface area (Å²) in [7, 11) is 0. The van der Waals surface area contributed by atoms with Crippen LogP contribution in [0.3, 0.4) is 0 Å². The zero-order valence-electron chi connectivity index (χ0n) is 9.30. The second kappa shape index (κ2) is 5.17. The Balaban J connectivity index is 2.77. The van der Waals surface area contributed by atoms with Gasteiger partial charge >= 0.3 is 0 Å². The molecule has 2 nitrogen and oxygen atoms in total. The highest BCUT2D eigenvalue weighted by molar-refractivity contribution is 6.33. The van der Waals surface area contributed by atoms with Gasteiger partial charge in [0.1, 0.15) is 0 Å². The van der Waals surface area contributed by atoms with E-state index in [4.69, 9.17) is 11.6 Å². The van der Waals surface area contributed by atoms with E-state index in [-0.39, 0.29) is 11.8 Å². The van der Waals surface area contributed by atoms with E-state index in [1.54, 1.807) is 0 Å². The Morgan fingerprint density at radius 1 is 1.53 bits per heavy atom. The van der Waals surface area contributed by atoms with Crippen molar-refractivity contribution in [2.24, 2.45) is 5.92 Å². The number of nitrogens with one attached hydrogen (secondary N) is 1. The number of anilines is 1. The fourth-order valence-electron chi connectivity index (χ4n) is 1.16.